The predicted octanol–water partition coefficient (Wildman–Crippen LogP) is 2.31. The summed E-state index contributed by atoms with van der Waals surface area (Å²) >= 11 is 0. The molecule has 88 valence electrons. The molecule has 0 bridgehead atoms. The first-order chi connectivity index (χ1) is 7.56. The van der Waals surface area contributed by atoms with Gasteiger partial charge in [0.25, 0.3) is 0 Å². The van der Waals surface area contributed by atoms with Crippen molar-refractivity contribution in [3.63, 3.8) is 0 Å². The molecule has 2 heteroatoms. The second-order valence-corrected chi connectivity index (χ2v) is 5.07. The van der Waals surface area contributed by atoms with Crippen LogP contribution in [0.25, 0.3) is 0 Å². The summed E-state index contributed by atoms with van der Waals surface area (Å²) in [5.41, 5.74) is 0.326. The Labute approximate surface area is 96.9 Å². The van der Waals surface area contributed by atoms with E-state index < -0.39 is 11.7 Å². The molecule has 1 aliphatic rings. The van der Waals surface area contributed by atoms with Crippen LogP contribution in [-0.2, 0) is 0 Å². The molecule has 0 heterocycles. The maximum absolute atomic E-state index is 10.1. The maximum Gasteiger partial charge on any atom is 0.0877 e. The van der Waals surface area contributed by atoms with E-state index in [1.54, 1.807) is 6.92 Å². The average Bonchev–Trinajstić information content (AvgIpc) is 3.09. The average molecular weight is 220 g/mol. The van der Waals surface area contributed by atoms with E-state index >= 15 is 0 Å². The molecule has 1 saturated carbocycles. The van der Waals surface area contributed by atoms with Gasteiger partial charge in [-0.2, -0.15) is 0 Å². The van der Waals surface area contributed by atoms with E-state index in [1.165, 1.54) is 5.56 Å². The van der Waals surface area contributed by atoms with E-state index in [0.29, 0.717) is 12.3 Å². The molecule has 0 amide bonds. The minimum absolute atomic E-state index is 0.220. The van der Waals surface area contributed by atoms with Gasteiger partial charge >= 0.3 is 0 Å². The quantitative estimate of drug-likeness (QED) is 0.817. The minimum atomic E-state index is -0.950. The largest absolute Gasteiger partial charge is 0.390 e. The molecule has 1 aliphatic carbocycles. The fourth-order valence-electron chi connectivity index (χ4n) is 2.32. The van der Waals surface area contributed by atoms with Gasteiger partial charge in [0.1, 0.15) is 0 Å². The highest BCUT2D eigenvalue weighted by Gasteiger charge is 2.48. The Morgan fingerprint density at radius 3 is 2.56 bits per heavy atom. The molecule has 0 spiro atoms. The van der Waals surface area contributed by atoms with Crippen LogP contribution in [0.4, 0.5) is 0 Å². The molecule has 1 fully saturated rings. The molecule has 1 aromatic carbocycles. The second kappa shape index (κ2) is 4.19. The fourth-order valence-corrected chi connectivity index (χ4v) is 2.32. The summed E-state index contributed by atoms with van der Waals surface area (Å²) in [5, 5.41) is 20.1. The van der Waals surface area contributed by atoms with Crippen LogP contribution in [0.15, 0.2) is 30.3 Å². The summed E-state index contributed by atoms with van der Waals surface area (Å²) in [7, 11) is 0. The first-order valence-corrected chi connectivity index (χ1v) is 6.01. The van der Waals surface area contributed by atoms with Crippen molar-refractivity contribution in [3.8, 4) is 0 Å². The van der Waals surface area contributed by atoms with Crippen LogP contribution in [0.3, 0.4) is 0 Å². The molecule has 16 heavy (non-hydrogen) atoms. The number of hydrogen-bond acceptors (Lipinski definition) is 2. The topological polar surface area (TPSA) is 40.5 Å². The van der Waals surface area contributed by atoms with Gasteiger partial charge in [-0.05, 0) is 37.2 Å². The molecular weight excluding hydrogens is 200 g/mol. The molecule has 1 aromatic rings. The van der Waals surface area contributed by atoms with E-state index in [1.807, 2.05) is 25.1 Å². The van der Waals surface area contributed by atoms with Crippen molar-refractivity contribution >= 4 is 0 Å². The lowest BCUT2D eigenvalue weighted by Crippen LogP contribution is -2.40. The van der Waals surface area contributed by atoms with E-state index in [-0.39, 0.29) is 5.92 Å². The lowest BCUT2D eigenvalue weighted by molar-refractivity contribution is -0.0746. The van der Waals surface area contributed by atoms with Crippen LogP contribution in [0.5, 0.6) is 0 Å². The Bertz CT molecular complexity index is 345. The number of hydrogen-bond donors (Lipinski definition) is 2. The number of aliphatic hydroxyl groups excluding tert-OH is 1. The molecule has 2 rings (SSSR count). The van der Waals surface area contributed by atoms with Gasteiger partial charge in [0.15, 0.2) is 0 Å². The maximum atomic E-state index is 10.1. The summed E-state index contributed by atoms with van der Waals surface area (Å²) in [6.07, 6.45) is 0.968. The van der Waals surface area contributed by atoms with E-state index in [0.717, 1.165) is 6.42 Å². The Balaban J connectivity index is 2.02. The first-order valence-electron chi connectivity index (χ1n) is 6.01. The highest BCUT2D eigenvalue weighted by molar-refractivity contribution is 5.26. The van der Waals surface area contributed by atoms with Crippen LogP contribution in [0.1, 0.15) is 38.2 Å². The molecule has 2 nitrogen and oxygen atoms in total. The third-order valence-corrected chi connectivity index (χ3v) is 3.83. The zero-order valence-electron chi connectivity index (χ0n) is 9.93. The standard InChI is InChI=1S/C14H20O2/c1-3-14(2,16)13(15)12-9-11(12)10-7-5-4-6-8-10/h4-8,11-13,15-16H,3,9H2,1-2H3. The Hall–Kier alpha value is -0.860. The zero-order valence-corrected chi connectivity index (χ0v) is 9.93. The fraction of sp³-hybridized carbons (Fsp3) is 0.571. The van der Waals surface area contributed by atoms with Gasteiger partial charge in [0, 0.05) is 0 Å². The number of benzene rings is 1. The summed E-state index contributed by atoms with van der Waals surface area (Å²) in [4.78, 5) is 0. The van der Waals surface area contributed by atoms with Gasteiger partial charge in [-0.25, -0.2) is 0 Å². The number of aliphatic hydroxyl groups is 2. The lowest BCUT2D eigenvalue weighted by Gasteiger charge is -2.28. The molecule has 4 unspecified atom stereocenters. The molecule has 0 aliphatic heterocycles. The van der Waals surface area contributed by atoms with Crippen molar-refractivity contribution in [2.45, 2.75) is 44.3 Å². The van der Waals surface area contributed by atoms with Crippen LogP contribution < -0.4 is 0 Å². The van der Waals surface area contributed by atoms with Gasteiger partial charge in [-0.3, -0.25) is 0 Å². The van der Waals surface area contributed by atoms with Gasteiger partial charge in [-0.15, -0.1) is 0 Å². The van der Waals surface area contributed by atoms with Crippen molar-refractivity contribution in [1.29, 1.82) is 0 Å². The molecule has 4 atom stereocenters. The van der Waals surface area contributed by atoms with Crippen LogP contribution in [0, 0.1) is 5.92 Å². The van der Waals surface area contributed by atoms with Crippen LogP contribution in [-0.4, -0.2) is 21.9 Å². The van der Waals surface area contributed by atoms with Crippen molar-refractivity contribution < 1.29 is 10.2 Å². The van der Waals surface area contributed by atoms with Crippen LogP contribution >= 0.6 is 0 Å². The normalized spacial score (nSPS) is 29.5. The predicted molar refractivity (Wildman–Crippen MR) is 64.2 cm³/mol. The van der Waals surface area contributed by atoms with E-state index in [9.17, 15) is 10.2 Å². The summed E-state index contributed by atoms with van der Waals surface area (Å²) in [5.74, 6) is 0.645. The van der Waals surface area contributed by atoms with Gasteiger partial charge in [0.2, 0.25) is 0 Å². The smallest absolute Gasteiger partial charge is 0.0877 e. The summed E-state index contributed by atoms with van der Waals surface area (Å²) < 4.78 is 0. The molecule has 0 aromatic heterocycles. The SMILES string of the molecule is CCC(C)(O)C(O)C1CC1c1ccccc1. The summed E-state index contributed by atoms with van der Waals surface area (Å²) in [6.45, 7) is 3.63. The van der Waals surface area contributed by atoms with Crippen molar-refractivity contribution in [3.05, 3.63) is 35.9 Å². The van der Waals surface area contributed by atoms with Gasteiger partial charge < -0.3 is 10.2 Å². The highest BCUT2D eigenvalue weighted by atomic mass is 16.3. The van der Waals surface area contributed by atoms with Crippen molar-refractivity contribution in [1.82, 2.24) is 0 Å². The summed E-state index contributed by atoms with van der Waals surface area (Å²) in [6, 6.07) is 10.2. The monoisotopic (exact) mass is 220 g/mol. The first kappa shape index (κ1) is 11.6. The highest BCUT2D eigenvalue weighted by Crippen LogP contribution is 2.51. The minimum Gasteiger partial charge on any atom is -0.390 e. The van der Waals surface area contributed by atoms with Gasteiger partial charge in [0.05, 0.1) is 11.7 Å². The Morgan fingerprint density at radius 1 is 1.38 bits per heavy atom. The molecule has 0 saturated heterocycles. The molecule has 2 N–H and O–H groups in total. The van der Waals surface area contributed by atoms with Crippen LogP contribution in [0.2, 0.25) is 0 Å². The molecule has 0 radical (unpaired) electrons. The molecular formula is C14H20O2. The van der Waals surface area contributed by atoms with E-state index in [4.69, 9.17) is 0 Å². The third kappa shape index (κ3) is 2.13. The Kier molecular flexibility index (Phi) is 3.04. The Morgan fingerprint density at radius 2 is 2.00 bits per heavy atom. The van der Waals surface area contributed by atoms with Gasteiger partial charge in [-0.1, -0.05) is 37.3 Å². The number of rotatable bonds is 4. The van der Waals surface area contributed by atoms with E-state index in [2.05, 4.69) is 12.1 Å². The lowest BCUT2D eigenvalue weighted by atomic mass is 9.91. The van der Waals surface area contributed by atoms with Crippen molar-refractivity contribution in [2.24, 2.45) is 5.92 Å². The van der Waals surface area contributed by atoms with Crippen molar-refractivity contribution in [2.75, 3.05) is 0 Å². The third-order valence-electron chi connectivity index (χ3n) is 3.83. The zero-order chi connectivity index (χ0) is 11.8. The second-order valence-electron chi connectivity index (χ2n) is 5.07.